The lowest BCUT2D eigenvalue weighted by Crippen LogP contribution is -2.02. The monoisotopic (exact) mass is 278 g/mol. The van der Waals surface area contributed by atoms with Crippen molar-refractivity contribution < 1.29 is 23.0 Å². The van der Waals surface area contributed by atoms with Crippen LogP contribution in [0.5, 0.6) is 5.75 Å². The highest BCUT2D eigenvalue weighted by atomic mass is 79.9. The number of hydrogen-bond donors (Lipinski definition) is 0. The second-order valence-corrected chi connectivity index (χ2v) is 3.68. The molecule has 0 spiro atoms. The third kappa shape index (κ3) is 1.94. The van der Waals surface area contributed by atoms with E-state index in [4.69, 9.17) is 4.74 Å². The number of carbonyl (C=O) groups is 1. The van der Waals surface area contributed by atoms with Gasteiger partial charge in [-0.1, -0.05) is 0 Å². The van der Waals surface area contributed by atoms with E-state index in [0.717, 1.165) is 0 Å². The maximum atomic E-state index is 11.9. The average Bonchev–Trinajstić information content (AvgIpc) is 2.41. The van der Waals surface area contributed by atoms with Gasteiger partial charge < -0.3 is 9.47 Å². The molecule has 0 aromatic heterocycles. The Bertz CT molecular complexity index is 408. The minimum absolute atomic E-state index is 0.00602. The van der Waals surface area contributed by atoms with Crippen LogP contribution in [0.3, 0.4) is 0 Å². The minimum atomic E-state index is -2.88. The average molecular weight is 279 g/mol. The third-order valence-electron chi connectivity index (χ3n) is 1.92. The standard InChI is InChI=1S/C9H5BrF2O3/c10-7-6-3-4(14-9(11)12)1-2-5(6)8(13)15-7/h1-3,7,9H. The third-order valence-corrected chi connectivity index (χ3v) is 2.60. The van der Waals surface area contributed by atoms with Crippen molar-refractivity contribution >= 4 is 21.9 Å². The maximum absolute atomic E-state index is 11.9. The molecule has 1 aliphatic heterocycles. The lowest BCUT2D eigenvalue weighted by molar-refractivity contribution is -0.0499. The molecule has 1 aromatic rings. The number of rotatable bonds is 2. The number of halogens is 3. The Hall–Kier alpha value is -1.17. The SMILES string of the molecule is O=C1OC(Br)c2cc(OC(F)F)ccc21. The molecule has 0 amide bonds. The van der Waals surface area contributed by atoms with Gasteiger partial charge in [0.2, 0.25) is 0 Å². The van der Waals surface area contributed by atoms with Gasteiger partial charge >= 0.3 is 12.6 Å². The summed E-state index contributed by atoms with van der Waals surface area (Å²) in [6, 6.07) is 4.06. The molecule has 1 aliphatic rings. The van der Waals surface area contributed by atoms with E-state index in [1.807, 2.05) is 0 Å². The van der Waals surface area contributed by atoms with Gasteiger partial charge in [-0.15, -0.1) is 0 Å². The number of esters is 1. The highest BCUT2D eigenvalue weighted by molar-refractivity contribution is 9.09. The van der Waals surface area contributed by atoms with Crippen molar-refractivity contribution in [3.05, 3.63) is 29.3 Å². The molecule has 2 rings (SSSR count). The molecule has 0 N–H and O–H groups in total. The molecular formula is C9H5BrF2O3. The van der Waals surface area contributed by atoms with Crippen LogP contribution < -0.4 is 4.74 Å². The van der Waals surface area contributed by atoms with Gasteiger partial charge in [0, 0.05) is 5.56 Å². The fourth-order valence-electron chi connectivity index (χ4n) is 1.31. The minimum Gasteiger partial charge on any atom is -0.442 e. The second-order valence-electron chi connectivity index (χ2n) is 2.85. The quantitative estimate of drug-likeness (QED) is 0.617. The van der Waals surface area contributed by atoms with E-state index >= 15 is 0 Å². The fourth-order valence-corrected chi connectivity index (χ4v) is 1.86. The van der Waals surface area contributed by atoms with Crippen LogP contribution in [0.1, 0.15) is 20.9 Å². The van der Waals surface area contributed by atoms with Crippen molar-refractivity contribution in [3.8, 4) is 5.75 Å². The predicted molar refractivity (Wildman–Crippen MR) is 50.2 cm³/mol. The van der Waals surface area contributed by atoms with Gasteiger partial charge in [0.1, 0.15) is 5.75 Å². The van der Waals surface area contributed by atoms with Gasteiger partial charge in [0.15, 0.2) is 5.01 Å². The molecule has 0 saturated carbocycles. The first-order chi connectivity index (χ1) is 7.08. The molecule has 0 saturated heterocycles. The molecule has 1 heterocycles. The van der Waals surface area contributed by atoms with Crippen molar-refractivity contribution in [1.29, 1.82) is 0 Å². The largest absolute Gasteiger partial charge is 0.442 e. The zero-order valence-corrected chi connectivity index (χ0v) is 8.83. The highest BCUT2D eigenvalue weighted by Crippen LogP contribution is 2.37. The number of cyclic esters (lactones) is 1. The van der Waals surface area contributed by atoms with E-state index in [-0.39, 0.29) is 5.75 Å². The molecule has 1 aromatic carbocycles. The Morgan fingerprint density at radius 3 is 2.87 bits per heavy atom. The molecule has 0 fully saturated rings. The van der Waals surface area contributed by atoms with Crippen LogP contribution in [0.4, 0.5) is 8.78 Å². The number of alkyl halides is 3. The molecule has 0 radical (unpaired) electrons. The van der Waals surface area contributed by atoms with E-state index in [1.54, 1.807) is 0 Å². The molecule has 80 valence electrons. The first-order valence-corrected chi connectivity index (χ1v) is 4.93. The highest BCUT2D eigenvalue weighted by Gasteiger charge is 2.29. The summed E-state index contributed by atoms with van der Waals surface area (Å²) in [6.07, 6.45) is 0. The zero-order chi connectivity index (χ0) is 11.0. The molecule has 0 bridgehead atoms. The molecule has 1 atom stereocenters. The Kier molecular flexibility index (Phi) is 2.60. The van der Waals surface area contributed by atoms with Gasteiger partial charge in [-0.2, -0.15) is 8.78 Å². The lowest BCUT2D eigenvalue weighted by atomic mass is 10.1. The number of fused-ring (bicyclic) bond motifs is 1. The first-order valence-electron chi connectivity index (χ1n) is 4.02. The van der Waals surface area contributed by atoms with Crippen molar-refractivity contribution in [3.63, 3.8) is 0 Å². The molecular weight excluding hydrogens is 274 g/mol. The van der Waals surface area contributed by atoms with Crippen LogP contribution >= 0.6 is 15.9 Å². The summed E-state index contributed by atoms with van der Waals surface area (Å²) in [6.45, 7) is -2.88. The van der Waals surface area contributed by atoms with Crippen LogP contribution in [0.15, 0.2) is 18.2 Å². The fraction of sp³-hybridized carbons (Fsp3) is 0.222. The Labute approximate surface area is 92.1 Å². The van der Waals surface area contributed by atoms with Gasteiger partial charge in [0.05, 0.1) is 5.56 Å². The van der Waals surface area contributed by atoms with E-state index in [2.05, 4.69) is 20.7 Å². The maximum Gasteiger partial charge on any atom is 0.387 e. The number of carbonyl (C=O) groups excluding carboxylic acids is 1. The molecule has 1 unspecified atom stereocenters. The summed E-state index contributed by atoms with van der Waals surface area (Å²) in [5.74, 6) is -0.470. The Morgan fingerprint density at radius 1 is 1.47 bits per heavy atom. The van der Waals surface area contributed by atoms with E-state index < -0.39 is 17.6 Å². The normalized spacial score (nSPS) is 18.9. The van der Waals surface area contributed by atoms with E-state index in [0.29, 0.717) is 11.1 Å². The van der Waals surface area contributed by atoms with Gasteiger partial charge in [-0.3, -0.25) is 0 Å². The Balaban J connectivity index is 2.34. The summed E-state index contributed by atoms with van der Waals surface area (Å²) >= 11 is 3.09. The zero-order valence-electron chi connectivity index (χ0n) is 7.25. The number of hydrogen-bond acceptors (Lipinski definition) is 3. The van der Waals surface area contributed by atoms with Crippen LogP contribution in [0.25, 0.3) is 0 Å². The van der Waals surface area contributed by atoms with Gasteiger partial charge in [0.25, 0.3) is 0 Å². The number of ether oxygens (including phenoxy) is 2. The molecule has 3 nitrogen and oxygen atoms in total. The van der Waals surface area contributed by atoms with Crippen molar-refractivity contribution in [2.75, 3.05) is 0 Å². The Morgan fingerprint density at radius 2 is 2.20 bits per heavy atom. The smallest absolute Gasteiger partial charge is 0.387 e. The summed E-state index contributed by atoms with van der Waals surface area (Å²) < 4.78 is 32.9. The van der Waals surface area contributed by atoms with Crippen molar-refractivity contribution in [2.45, 2.75) is 11.6 Å². The topological polar surface area (TPSA) is 35.5 Å². The van der Waals surface area contributed by atoms with Crippen LogP contribution in [0.2, 0.25) is 0 Å². The number of benzene rings is 1. The van der Waals surface area contributed by atoms with E-state index in [1.165, 1.54) is 18.2 Å². The summed E-state index contributed by atoms with van der Waals surface area (Å²) in [7, 11) is 0. The summed E-state index contributed by atoms with van der Waals surface area (Å²) in [5.41, 5.74) is 0.858. The van der Waals surface area contributed by atoms with E-state index in [9.17, 15) is 13.6 Å². The van der Waals surface area contributed by atoms with Crippen LogP contribution in [0, 0.1) is 0 Å². The predicted octanol–water partition coefficient (Wildman–Crippen LogP) is 2.85. The molecule has 0 aliphatic carbocycles. The van der Waals surface area contributed by atoms with Crippen molar-refractivity contribution in [2.24, 2.45) is 0 Å². The second kappa shape index (κ2) is 3.77. The van der Waals surface area contributed by atoms with Crippen LogP contribution in [-0.2, 0) is 4.74 Å². The summed E-state index contributed by atoms with van der Waals surface area (Å²) in [4.78, 5) is 11.2. The first kappa shape index (κ1) is 10.4. The summed E-state index contributed by atoms with van der Waals surface area (Å²) in [5, 5.41) is -0.596. The molecule has 6 heteroatoms. The van der Waals surface area contributed by atoms with Gasteiger partial charge in [-0.05, 0) is 34.1 Å². The lowest BCUT2D eigenvalue weighted by Gasteiger charge is -2.05. The van der Waals surface area contributed by atoms with Gasteiger partial charge in [-0.25, -0.2) is 4.79 Å². The van der Waals surface area contributed by atoms with Crippen molar-refractivity contribution in [1.82, 2.24) is 0 Å². The molecule has 15 heavy (non-hydrogen) atoms. The van der Waals surface area contributed by atoms with Crippen LogP contribution in [-0.4, -0.2) is 12.6 Å².